The molecular weight excluding hydrogens is 378 g/mol. The maximum Gasteiger partial charge on any atom is 0.316 e. The Hall–Kier alpha value is -0.960. The quantitative estimate of drug-likeness (QED) is 0.424. The van der Waals surface area contributed by atoms with E-state index in [-0.39, 0.29) is 18.3 Å². The monoisotopic (exact) mass is 401 g/mol. The Balaban J connectivity index is 1.82. The van der Waals surface area contributed by atoms with Crippen LogP contribution in [-0.4, -0.2) is 52.2 Å². The van der Waals surface area contributed by atoms with Crippen LogP contribution in [0, 0.1) is 0 Å². The number of thioether (sulfide) groups is 1. The molecular formula is C17H23NO4S3. The molecule has 0 spiro atoms. The number of carbonyl (C=O) groups excluding carboxylic acids is 1. The van der Waals surface area contributed by atoms with E-state index in [1.54, 1.807) is 18.4 Å². The number of thiazole rings is 1. The van der Waals surface area contributed by atoms with E-state index < -0.39 is 16.9 Å². The number of ether oxygens (including phenoxy) is 2. The summed E-state index contributed by atoms with van der Waals surface area (Å²) >= 11 is 2.92. The van der Waals surface area contributed by atoms with Crippen LogP contribution in [0.5, 0.6) is 0 Å². The number of aromatic nitrogens is 1. The standard InChI is InChI=1S/C17H23NO4S3/c1-3-4-9-25(20)12-13(10-21-2)22-16(19)11-23-17-18-14-7-5-6-8-15(14)24-17/h5-8,13H,3-4,9-12H2,1-2H3. The van der Waals surface area contributed by atoms with Crippen LogP contribution in [0.25, 0.3) is 10.2 Å². The predicted octanol–water partition coefficient (Wildman–Crippen LogP) is 3.50. The Bertz CT molecular complexity index is 671. The molecule has 5 nitrogen and oxygen atoms in total. The van der Waals surface area contributed by atoms with E-state index in [9.17, 15) is 9.00 Å². The zero-order valence-corrected chi connectivity index (χ0v) is 16.9. The van der Waals surface area contributed by atoms with Crippen molar-refractivity contribution in [2.75, 3.05) is 31.0 Å². The van der Waals surface area contributed by atoms with Crippen LogP contribution in [0.4, 0.5) is 0 Å². The normalized spacial score (nSPS) is 13.7. The number of benzene rings is 1. The Morgan fingerprint density at radius 3 is 2.92 bits per heavy atom. The van der Waals surface area contributed by atoms with Gasteiger partial charge in [-0.3, -0.25) is 9.00 Å². The summed E-state index contributed by atoms with van der Waals surface area (Å²) in [5, 5.41) is 0. The van der Waals surface area contributed by atoms with Crippen molar-refractivity contribution < 1.29 is 18.5 Å². The summed E-state index contributed by atoms with van der Waals surface area (Å²) in [4.78, 5) is 16.6. The minimum absolute atomic E-state index is 0.182. The average molecular weight is 402 g/mol. The molecule has 0 aliphatic rings. The lowest BCUT2D eigenvalue weighted by atomic mass is 10.3. The maximum absolute atomic E-state index is 12.1. The fourth-order valence-electron chi connectivity index (χ4n) is 2.15. The second-order valence-electron chi connectivity index (χ2n) is 5.47. The number of esters is 1. The molecule has 0 aliphatic carbocycles. The van der Waals surface area contributed by atoms with Crippen LogP contribution in [-0.2, 0) is 25.1 Å². The van der Waals surface area contributed by atoms with Crippen LogP contribution in [0.1, 0.15) is 19.8 Å². The summed E-state index contributed by atoms with van der Waals surface area (Å²) < 4.78 is 24.5. The number of rotatable bonds is 11. The molecule has 8 heteroatoms. The molecule has 0 bridgehead atoms. The highest BCUT2D eigenvalue weighted by Crippen LogP contribution is 2.29. The van der Waals surface area contributed by atoms with E-state index in [0.29, 0.717) is 11.5 Å². The Labute approximate surface area is 159 Å². The summed E-state index contributed by atoms with van der Waals surface area (Å²) in [6.07, 6.45) is 1.44. The molecule has 138 valence electrons. The van der Waals surface area contributed by atoms with Gasteiger partial charge in [-0.1, -0.05) is 37.2 Å². The van der Waals surface area contributed by atoms with Gasteiger partial charge in [0.2, 0.25) is 0 Å². The second kappa shape index (κ2) is 10.9. The van der Waals surface area contributed by atoms with Crippen LogP contribution < -0.4 is 0 Å². The smallest absolute Gasteiger partial charge is 0.316 e. The highest BCUT2D eigenvalue weighted by atomic mass is 32.2. The number of methoxy groups -OCH3 is 1. The van der Waals surface area contributed by atoms with Gasteiger partial charge in [0.05, 0.1) is 28.3 Å². The first-order valence-electron chi connectivity index (χ1n) is 8.14. The summed E-state index contributed by atoms with van der Waals surface area (Å²) in [5.74, 6) is 0.806. The van der Waals surface area contributed by atoms with Gasteiger partial charge in [-0.2, -0.15) is 0 Å². The maximum atomic E-state index is 12.1. The van der Waals surface area contributed by atoms with E-state index in [4.69, 9.17) is 9.47 Å². The minimum atomic E-state index is -0.993. The first-order valence-corrected chi connectivity index (χ1v) is 11.4. The molecule has 2 unspecified atom stereocenters. The molecule has 0 saturated carbocycles. The number of carbonyl (C=O) groups is 1. The van der Waals surface area contributed by atoms with Gasteiger partial charge in [-0.25, -0.2) is 4.98 Å². The van der Waals surface area contributed by atoms with Gasteiger partial charge in [-0.15, -0.1) is 11.3 Å². The van der Waals surface area contributed by atoms with Crippen LogP contribution in [0.3, 0.4) is 0 Å². The van der Waals surface area contributed by atoms with Crippen molar-refractivity contribution >= 4 is 50.1 Å². The zero-order valence-electron chi connectivity index (χ0n) is 14.4. The third-order valence-electron chi connectivity index (χ3n) is 3.34. The van der Waals surface area contributed by atoms with Crippen molar-refractivity contribution in [2.45, 2.75) is 30.2 Å². The van der Waals surface area contributed by atoms with Gasteiger partial charge in [0.1, 0.15) is 6.10 Å². The summed E-state index contributed by atoms with van der Waals surface area (Å²) in [7, 11) is 0.555. The number of fused-ring (bicyclic) bond motifs is 1. The highest BCUT2D eigenvalue weighted by molar-refractivity contribution is 8.01. The van der Waals surface area contributed by atoms with E-state index in [0.717, 1.165) is 27.4 Å². The highest BCUT2D eigenvalue weighted by Gasteiger charge is 2.18. The Morgan fingerprint density at radius 1 is 1.40 bits per heavy atom. The summed E-state index contributed by atoms with van der Waals surface area (Å²) in [5.41, 5.74) is 0.937. The van der Waals surface area contributed by atoms with Crippen molar-refractivity contribution in [2.24, 2.45) is 0 Å². The molecule has 0 saturated heterocycles. The molecule has 2 aromatic rings. The van der Waals surface area contributed by atoms with Gasteiger partial charge in [0.25, 0.3) is 0 Å². The van der Waals surface area contributed by atoms with Crippen molar-refractivity contribution in [1.82, 2.24) is 4.98 Å². The third-order valence-corrected chi connectivity index (χ3v) is 6.98. The predicted molar refractivity (Wildman–Crippen MR) is 105 cm³/mol. The average Bonchev–Trinajstić information content (AvgIpc) is 3.01. The number of hydrogen-bond acceptors (Lipinski definition) is 7. The molecule has 0 N–H and O–H groups in total. The van der Waals surface area contributed by atoms with E-state index >= 15 is 0 Å². The van der Waals surface area contributed by atoms with E-state index in [2.05, 4.69) is 11.9 Å². The molecule has 0 aliphatic heterocycles. The Kier molecular flexibility index (Phi) is 8.88. The number of nitrogens with zero attached hydrogens (tertiary/aromatic N) is 1. The fraction of sp³-hybridized carbons (Fsp3) is 0.529. The van der Waals surface area contributed by atoms with Gasteiger partial charge < -0.3 is 9.47 Å². The molecule has 1 aromatic heterocycles. The lowest BCUT2D eigenvalue weighted by Crippen LogP contribution is -2.30. The molecule has 2 atom stereocenters. The molecule has 25 heavy (non-hydrogen) atoms. The first-order chi connectivity index (χ1) is 12.1. The molecule has 0 fully saturated rings. The second-order valence-corrected chi connectivity index (χ2v) is 9.34. The third kappa shape index (κ3) is 7.05. The lowest BCUT2D eigenvalue weighted by Gasteiger charge is -2.16. The van der Waals surface area contributed by atoms with Crippen LogP contribution in [0.2, 0.25) is 0 Å². The summed E-state index contributed by atoms with van der Waals surface area (Å²) in [6, 6.07) is 7.88. The van der Waals surface area contributed by atoms with Crippen molar-refractivity contribution in [3.8, 4) is 0 Å². The van der Waals surface area contributed by atoms with Gasteiger partial charge >= 0.3 is 5.97 Å². The number of para-hydroxylation sites is 1. The molecule has 1 aromatic carbocycles. The van der Waals surface area contributed by atoms with Gasteiger partial charge in [0.15, 0.2) is 4.34 Å². The van der Waals surface area contributed by atoms with Crippen molar-refractivity contribution in [3.63, 3.8) is 0 Å². The SMILES string of the molecule is CCCCS(=O)CC(COC)OC(=O)CSc1nc2ccccc2s1. The molecule has 2 rings (SSSR count). The minimum Gasteiger partial charge on any atom is -0.458 e. The molecule has 0 radical (unpaired) electrons. The number of unbranched alkanes of at least 4 members (excludes halogenated alkanes) is 1. The fourth-order valence-corrected chi connectivity index (χ4v) is 5.36. The molecule has 1 heterocycles. The Morgan fingerprint density at radius 2 is 2.20 bits per heavy atom. The summed E-state index contributed by atoms with van der Waals surface area (Å²) in [6.45, 7) is 2.32. The van der Waals surface area contributed by atoms with Gasteiger partial charge in [-0.05, 0) is 18.6 Å². The van der Waals surface area contributed by atoms with Crippen molar-refractivity contribution in [3.05, 3.63) is 24.3 Å². The van der Waals surface area contributed by atoms with Crippen molar-refractivity contribution in [1.29, 1.82) is 0 Å². The van der Waals surface area contributed by atoms with Crippen LogP contribution >= 0.6 is 23.1 Å². The van der Waals surface area contributed by atoms with Gasteiger partial charge in [0, 0.05) is 23.7 Å². The van der Waals surface area contributed by atoms with E-state index in [1.807, 2.05) is 24.3 Å². The van der Waals surface area contributed by atoms with E-state index in [1.165, 1.54) is 11.8 Å². The number of hydrogen-bond donors (Lipinski definition) is 0. The zero-order chi connectivity index (χ0) is 18.1. The molecule has 0 amide bonds. The first kappa shape index (κ1) is 20.4. The lowest BCUT2D eigenvalue weighted by molar-refractivity contribution is -0.146. The van der Waals surface area contributed by atoms with Crippen LogP contribution in [0.15, 0.2) is 28.6 Å². The largest absolute Gasteiger partial charge is 0.458 e. The topological polar surface area (TPSA) is 65.5 Å².